The van der Waals surface area contributed by atoms with Gasteiger partial charge in [-0.2, -0.15) is 4.72 Å². The summed E-state index contributed by atoms with van der Waals surface area (Å²) in [6, 6.07) is 3.95. The molecule has 0 saturated carbocycles. The monoisotopic (exact) mass is 468 g/mol. The summed E-state index contributed by atoms with van der Waals surface area (Å²) in [5, 5.41) is 6.35. The van der Waals surface area contributed by atoms with E-state index < -0.39 is 22.0 Å². The predicted octanol–water partition coefficient (Wildman–Crippen LogP) is 2.33. The number of aryl methyl sites for hydroxylation is 2. The van der Waals surface area contributed by atoms with Crippen LogP contribution in [-0.4, -0.2) is 63.8 Å². The number of sulfonamides is 1. The van der Waals surface area contributed by atoms with Gasteiger partial charge in [-0.3, -0.25) is 4.79 Å². The zero-order valence-electron chi connectivity index (χ0n) is 19.4. The van der Waals surface area contributed by atoms with Crippen molar-refractivity contribution in [3.8, 4) is 11.5 Å². The van der Waals surface area contributed by atoms with E-state index in [1.54, 1.807) is 18.2 Å². The van der Waals surface area contributed by atoms with Gasteiger partial charge in [0.15, 0.2) is 17.3 Å². The minimum absolute atomic E-state index is 0.0644. The Labute approximate surface area is 189 Å². The summed E-state index contributed by atoms with van der Waals surface area (Å²) in [6.45, 7) is 11.7. The summed E-state index contributed by atoms with van der Waals surface area (Å²) >= 11 is 0. The highest BCUT2D eigenvalue weighted by molar-refractivity contribution is 7.89. The molecule has 10 nitrogen and oxygen atoms in total. The Morgan fingerprint density at radius 2 is 1.91 bits per heavy atom. The van der Waals surface area contributed by atoms with Crippen LogP contribution in [0.3, 0.4) is 0 Å². The van der Waals surface area contributed by atoms with E-state index in [2.05, 4.69) is 33.9 Å². The van der Waals surface area contributed by atoms with Gasteiger partial charge in [-0.25, -0.2) is 8.42 Å². The average molecular weight is 469 g/mol. The maximum Gasteiger partial charge on any atom is 0.246 e. The number of likely N-dealkylation sites (N-methyl/N-ethyl adjacent to an activating group) is 1. The van der Waals surface area contributed by atoms with Gasteiger partial charge in [-0.1, -0.05) is 19.0 Å². The van der Waals surface area contributed by atoms with Crippen LogP contribution >= 0.6 is 0 Å². The second-order valence-corrected chi connectivity index (χ2v) is 8.88. The molecule has 32 heavy (non-hydrogen) atoms. The summed E-state index contributed by atoms with van der Waals surface area (Å²) in [5.41, 5.74) is 0.682. The summed E-state index contributed by atoms with van der Waals surface area (Å²) in [6.07, 6.45) is 0. The summed E-state index contributed by atoms with van der Waals surface area (Å²) < 4.78 is 43.7. The number of anilines is 1. The molecule has 0 saturated heterocycles. The minimum Gasteiger partial charge on any atom is -0.493 e. The molecular formula is C21H32N4O6S. The molecule has 0 bridgehead atoms. The number of methoxy groups -OCH3 is 1. The quantitative estimate of drug-likeness (QED) is 0.487. The number of amides is 1. The molecule has 1 aromatic heterocycles. The Hall–Kier alpha value is -2.63. The molecule has 1 atom stereocenters. The molecule has 178 valence electrons. The molecule has 0 aliphatic carbocycles. The number of hydrogen-bond acceptors (Lipinski definition) is 8. The summed E-state index contributed by atoms with van der Waals surface area (Å²) in [5.74, 6) is 0.653. The van der Waals surface area contributed by atoms with Crippen molar-refractivity contribution in [3.63, 3.8) is 0 Å². The van der Waals surface area contributed by atoms with Gasteiger partial charge in [0.05, 0.1) is 13.2 Å². The normalized spacial score (nSPS) is 12.6. The molecule has 2 N–H and O–H groups in total. The Kier molecular flexibility index (Phi) is 9.05. The van der Waals surface area contributed by atoms with Crippen molar-refractivity contribution in [2.45, 2.75) is 45.6 Å². The first-order valence-corrected chi connectivity index (χ1v) is 11.9. The number of ether oxygens (including phenoxy) is 2. The zero-order chi connectivity index (χ0) is 23.9. The molecule has 11 heteroatoms. The number of carbonyl (C=O) groups excluding carboxylic acids is 1. The van der Waals surface area contributed by atoms with E-state index >= 15 is 0 Å². The van der Waals surface area contributed by atoms with Gasteiger partial charge in [0, 0.05) is 18.3 Å². The van der Waals surface area contributed by atoms with Gasteiger partial charge in [0.25, 0.3) is 0 Å². The Bertz CT molecular complexity index is 998. The van der Waals surface area contributed by atoms with E-state index in [4.69, 9.17) is 14.0 Å². The van der Waals surface area contributed by atoms with Gasteiger partial charge in [0.2, 0.25) is 15.9 Å². The molecule has 2 aromatic rings. The van der Waals surface area contributed by atoms with Crippen molar-refractivity contribution in [2.24, 2.45) is 0 Å². The highest BCUT2D eigenvalue weighted by atomic mass is 32.2. The number of hydrogen-bond donors (Lipinski definition) is 2. The fraction of sp³-hybridized carbons (Fsp3) is 0.524. The molecule has 0 fully saturated rings. The number of carbonyl (C=O) groups is 1. The molecule has 1 heterocycles. The van der Waals surface area contributed by atoms with E-state index in [-0.39, 0.29) is 16.3 Å². The number of nitrogens with zero attached hydrogens (tertiary/aromatic N) is 2. The van der Waals surface area contributed by atoms with Crippen LogP contribution in [0.4, 0.5) is 5.69 Å². The maximum atomic E-state index is 12.6. The number of aromatic nitrogens is 1. The average Bonchev–Trinajstić information content (AvgIpc) is 3.10. The summed E-state index contributed by atoms with van der Waals surface area (Å²) in [4.78, 5) is 14.8. The molecule has 0 unspecified atom stereocenters. The van der Waals surface area contributed by atoms with Crippen molar-refractivity contribution in [3.05, 3.63) is 29.7 Å². The molecular weight excluding hydrogens is 436 g/mol. The van der Waals surface area contributed by atoms with E-state index in [9.17, 15) is 13.2 Å². The van der Waals surface area contributed by atoms with Crippen LogP contribution < -0.4 is 19.5 Å². The topological polar surface area (TPSA) is 123 Å². The third-order valence-corrected chi connectivity index (χ3v) is 6.74. The van der Waals surface area contributed by atoms with E-state index in [1.165, 1.54) is 27.9 Å². The third-order valence-electron chi connectivity index (χ3n) is 4.95. The molecule has 0 aliphatic heterocycles. The van der Waals surface area contributed by atoms with Crippen molar-refractivity contribution >= 4 is 21.6 Å². The smallest absolute Gasteiger partial charge is 0.246 e. The van der Waals surface area contributed by atoms with Crippen LogP contribution in [0, 0.1) is 13.8 Å². The SMILES string of the molecule is CCN(CC)CCOc1cc(NC(=O)[C@H](C)NS(=O)(=O)c2c(C)noc2C)ccc1OC. The van der Waals surface area contributed by atoms with Crippen LogP contribution in [0.15, 0.2) is 27.6 Å². The first kappa shape index (κ1) is 25.6. The third kappa shape index (κ3) is 6.44. The van der Waals surface area contributed by atoms with Crippen LogP contribution in [0.2, 0.25) is 0 Å². The van der Waals surface area contributed by atoms with Crippen molar-refractivity contribution in [1.29, 1.82) is 0 Å². The van der Waals surface area contributed by atoms with E-state index in [0.717, 1.165) is 19.6 Å². The second kappa shape index (κ2) is 11.3. The second-order valence-electron chi connectivity index (χ2n) is 7.23. The van der Waals surface area contributed by atoms with E-state index in [0.29, 0.717) is 23.8 Å². The fourth-order valence-electron chi connectivity index (χ4n) is 3.15. The van der Waals surface area contributed by atoms with Gasteiger partial charge >= 0.3 is 0 Å². The van der Waals surface area contributed by atoms with Crippen LogP contribution in [0.5, 0.6) is 11.5 Å². The first-order valence-electron chi connectivity index (χ1n) is 10.4. The number of rotatable bonds is 12. The maximum absolute atomic E-state index is 12.6. The molecule has 1 aromatic carbocycles. The van der Waals surface area contributed by atoms with Crippen molar-refractivity contribution in [2.75, 3.05) is 38.7 Å². The van der Waals surface area contributed by atoms with Crippen molar-refractivity contribution in [1.82, 2.24) is 14.8 Å². The van der Waals surface area contributed by atoms with Crippen LogP contribution in [0.25, 0.3) is 0 Å². The lowest BCUT2D eigenvalue weighted by molar-refractivity contribution is -0.117. The van der Waals surface area contributed by atoms with Crippen LogP contribution in [0.1, 0.15) is 32.2 Å². The van der Waals surface area contributed by atoms with Gasteiger partial charge in [0.1, 0.15) is 17.2 Å². The first-order chi connectivity index (χ1) is 15.1. The highest BCUT2D eigenvalue weighted by Crippen LogP contribution is 2.30. The lowest BCUT2D eigenvalue weighted by Crippen LogP contribution is -2.41. The lowest BCUT2D eigenvalue weighted by Gasteiger charge is -2.19. The predicted molar refractivity (Wildman–Crippen MR) is 121 cm³/mol. The minimum atomic E-state index is -3.98. The highest BCUT2D eigenvalue weighted by Gasteiger charge is 2.28. The van der Waals surface area contributed by atoms with Gasteiger partial charge < -0.3 is 24.2 Å². The zero-order valence-corrected chi connectivity index (χ0v) is 20.2. The Morgan fingerprint density at radius 3 is 2.47 bits per heavy atom. The molecule has 0 spiro atoms. The van der Waals surface area contributed by atoms with Crippen molar-refractivity contribution < 1.29 is 27.2 Å². The Morgan fingerprint density at radius 1 is 1.22 bits per heavy atom. The van der Waals surface area contributed by atoms with E-state index in [1.807, 2.05) is 0 Å². The molecule has 2 rings (SSSR count). The molecule has 0 radical (unpaired) electrons. The Balaban J connectivity index is 2.07. The summed E-state index contributed by atoms with van der Waals surface area (Å²) in [7, 11) is -2.44. The fourth-order valence-corrected chi connectivity index (χ4v) is 4.68. The largest absolute Gasteiger partial charge is 0.493 e. The number of nitrogens with one attached hydrogen (secondary N) is 2. The lowest BCUT2D eigenvalue weighted by atomic mass is 10.2. The van der Waals surface area contributed by atoms with Crippen LogP contribution in [-0.2, 0) is 14.8 Å². The standard InChI is InChI=1S/C21H32N4O6S/c1-7-25(8-2)11-12-30-19-13-17(9-10-18(19)29-6)22-21(26)15(4)24-32(27,28)20-14(3)23-31-16(20)5/h9-10,13,15,24H,7-8,11-12H2,1-6H3,(H,22,26)/t15-/m0/s1. The molecule has 0 aliphatic rings. The van der Waals surface area contributed by atoms with Gasteiger partial charge in [-0.05, 0) is 46.0 Å². The van der Waals surface area contributed by atoms with Gasteiger partial charge in [-0.15, -0.1) is 0 Å². The molecule has 1 amide bonds. The number of benzene rings is 1.